The second kappa shape index (κ2) is 6.81. The highest BCUT2D eigenvalue weighted by Gasteiger charge is 2.18. The summed E-state index contributed by atoms with van der Waals surface area (Å²) in [6.45, 7) is 1.37. The molecule has 0 aliphatic carbocycles. The Balaban J connectivity index is 2.08. The van der Waals surface area contributed by atoms with Crippen molar-refractivity contribution in [2.45, 2.75) is 0 Å². The topological polar surface area (TPSA) is 37.3 Å². The Labute approximate surface area is 138 Å². The van der Waals surface area contributed by atoms with E-state index < -0.39 is 15.3 Å². The van der Waals surface area contributed by atoms with E-state index in [-0.39, 0.29) is 0 Å². The van der Waals surface area contributed by atoms with Crippen LogP contribution in [-0.4, -0.2) is 11.6 Å². The summed E-state index contributed by atoms with van der Waals surface area (Å²) in [7, 11) is -3.87. The van der Waals surface area contributed by atoms with Crippen molar-refractivity contribution in [2.24, 2.45) is 0 Å². The molecule has 0 heterocycles. The predicted molar refractivity (Wildman–Crippen MR) is 101 cm³/mol. The lowest BCUT2D eigenvalue weighted by molar-refractivity contribution is 0.496. The molecule has 3 aromatic rings. The summed E-state index contributed by atoms with van der Waals surface area (Å²) in [6.07, 6.45) is 0. The Morgan fingerprint density at radius 2 is 1.09 bits per heavy atom. The number of hydrogen-bond acceptors (Lipinski definition) is 1. The van der Waals surface area contributed by atoms with Gasteiger partial charge in [0.1, 0.15) is 0 Å². The van der Waals surface area contributed by atoms with Crippen LogP contribution in [0.15, 0.2) is 84.9 Å². The van der Waals surface area contributed by atoms with Gasteiger partial charge >= 0.3 is 0 Å². The number of hydrogen-bond donors (Lipinski definition) is 1. The molecule has 0 amide bonds. The van der Waals surface area contributed by atoms with Gasteiger partial charge in [0.15, 0.2) is 0 Å². The summed E-state index contributed by atoms with van der Waals surface area (Å²) in [5.74, 6) is 0. The zero-order chi connectivity index (χ0) is 16.3. The molecule has 0 radical (unpaired) electrons. The van der Waals surface area contributed by atoms with Gasteiger partial charge < -0.3 is 4.89 Å². The van der Waals surface area contributed by atoms with Gasteiger partial charge in [-0.1, -0.05) is 72.8 Å². The Morgan fingerprint density at radius 3 is 1.48 bits per heavy atom. The van der Waals surface area contributed by atoms with Crippen molar-refractivity contribution < 1.29 is 9.46 Å². The second-order valence-electron chi connectivity index (χ2n) is 5.40. The van der Waals surface area contributed by atoms with Gasteiger partial charge in [0.05, 0.1) is 0 Å². The normalized spacial score (nSPS) is 13.7. The minimum absolute atomic E-state index is 0.498. The van der Waals surface area contributed by atoms with Crippen LogP contribution in [0.3, 0.4) is 0 Å². The van der Waals surface area contributed by atoms with Crippen LogP contribution >= 0.6 is 15.3 Å². The minimum Gasteiger partial charge on any atom is -0.341 e. The monoisotopic (exact) mass is 340 g/mol. The molecule has 0 spiro atoms. The highest BCUT2D eigenvalue weighted by molar-refractivity contribution is 7.79. The zero-order valence-electron chi connectivity index (χ0n) is 12.8. The van der Waals surface area contributed by atoms with Gasteiger partial charge in [-0.25, -0.2) is 0 Å². The molecule has 0 aromatic heterocycles. The summed E-state index contributed by atoms with van der Waals surface area (Å²) in [5.41, 5.74) is 0. The Kier molecular flexibility index (Phi) is 4.78. The van der Waals surface area contributed by atoms with Crippen LogP contribution < -0.4 is 21.2 Å². The molecule has 2 nitrogen and oxygen atoms in total. The molecular weight excluding hydrogens is 322 g/mol. The Bertz CT molecular complexity index is 770. The predicted octanol–water partition coefficient (Wildman–Crippen LogP) is 2.97. The van der Waals surface area contributed by atoms with Gasteiger partial charge in [-0.3, -0.25) is 4.57 Å². The first-order valence-corrected chi connectivity index (χ1v) is 10.8. The quantitative estimate of drug-likeness (QED) is 0.742. The summed E-state index contributed by atoms with van der Waals surface area (Å²) in [5, 5.41) is 4.21. The van der Waals surface area contributed by atoms with Gasteiger partial charge in [0.25, 0.3) is 0 Å². The van der Waals surface area contributed by atoms with E-state index in [0.29, 0.717) is 5.30 Å². The van der Waals surface area contributed by atoms with Gasteiger partial charge in [0.2, 0.25) is 7.37 Å². The summed E-state index contributed by atoms with van der Waals surface area (Å²) < 4.78 is 11.8. The first kappa shape index (κ1) is 16.1. The highest BCUT2D eigenvalue weighted by Crippen LogP contribution is 2.35. The van der Waals surface area contributed by atoms with Crippen LogP contribution in [0.5, 0.6) is 0 Å². The zero-order valence-corrected chi connectivity index (χ0v) is 14.6. The molecule has 3 aromatic carbocycles. The van der Waals surface area contributed by atoms with E-state index in [1.165, 1.54) is 22.6 Å². The van der Waals surface area contributed by atoms with Gasteiger partial charge in [-0.05, 0) is 36.0 Å². The first-order valence-electron chi connectivity index (χ1n) is 7.37. The van der Waals surface area contributed by atoms with Crippen molar-refractivity contribution in [1.82, 2.24) is 0 Å². The summed E-state index contributed by atoms with van der Waals surface area (Å²) >= 11 is 0. The maximum atomic E-state index is 11.8. The molecule has 23 heavy (non-hydrogen) atoms. The van der Waals surface area contributed by atoms with Crippen LogP contribution in [-0.2, 0) is 4.57 Å². The smallest absolute Gasteiger partial charge is 0.226 e. The lowest BCUT2D eigenvalue weighted by atomic mass is 10.3. The van der Waals surface area contributed by atoms with Gasteiger partial charge in [-0.2, -0.15) is 0 Å². The van der Waals surface area contributed by atoms with E-state index in [1.54, 1.807) is 12.1 Å². The highest BCUT2D eigenvalue weighted by atomic mass is 31.2. The minimum atomic E-state index is -3.20. The molecule has 0 bridgehead atoms. The van der Waals surface area contributed by atoms with Crippen molar-refractivity contribution in [3.63, 3.8) is 0 Å². The van der Waals surface area contributed by atoms with Crippen LogP contribution in [0.25, 0.3) is 0 Å². The van der Waals surface area contributed by atoms with Crippen molar-refractivity contribution in [3.05, 3.63) is 84.9 Å². The Morgan fingerprint density at radius 1 is 0.696 bits per heavy atom. The lowest BCUT2D eigenvalue weighted by Gasteiger charge is -2.19. The van der Waals surface area contributed by atoms with E-state index in [0.717, 1.165) is 0 Å². The maximum Gasteiger partial charge on any atom is 0.226 e. The van der Waals surface area contributed by atoms with E-state index >= 15 is 0 Å². The van der Waals surface area contributed by atoms with E-state index in [2.05, 4.69) is 48.5 Å². The van der Waals surface area contributed by atoms with E-state index in [9.17, 15) is 9.46 Å². The van der Waals surface area contributed by atoms with Crippen molar-refractivity contribution >= 4 is 36.5 Å². The molecule has 116 valence electrons. The fourth-order valence-electron chi connectivity index (χ4n) is 2.48. The van der Waals surface area contributed by atoms with Crippen molar-refractivity contribution in [1.29, 1.82) is 0 Å². The Hall–Kier alpha value is -1.72. The van der Waals surface area contributed by atoms with Crippen LogP contribution in [0.1, 0.15) is 0 Å². The summed E-state index contributed by atoms with van der Waals surface area (Å²) in [4.78, 5) is 9.71. The number of benzene rings is 3. The first-order chi connectivity index (χ1) is 11.1. The fraction of sp³-hybridized carbons (Fsp3) is 0.0526. The third-order valence-electron chi connectivity index (χ3n) is 3.62. The maximum absolute atomic E-state index is 11.8. The average Bonchev–Trinajstić information content (AvgIpc) is 2.57. The molecular formula is C19H18O2P2. The molecule has 0 saturated heterocycles. The van der Waals surface area contributed by atoms with Gasteiger partial charge in [0, 0.05) is 12.0 Å². The largest absolute Gasteiger partial charge is 0.341 e. The van der Waals surface area contributed by atoms with Crippen LogP contribution in [0.2, 0.25) is 0 Å². The van der Waals surface area contributed by atoms with E-state index in [4.69, 9.17) is 0 Å². The molecule has 3 rings (SSSR count). The third-order valence-corrected chi connectivity index (χ3v) is 7.32. The standard InChI is InChI=1S/C19H18O2P2/c1-23(20,21)19-14-12-18(13-15-19)22(16-8-4-2-5-9-16)17-10-6-3-7-11-17/h2-15H,1H3,(H,20,21). The fourth-order valence-corrected chi connectivity index (χ4v) is 5.46. The molecule has 0 saturated carbocycles. The second-order valence-corrected chi connectivity index (χ2v) is 9.90. The number of rotatable bonds is 4. The summed E-state index contributed by atoms with van der Waals surface area (Å²) in [6, 6.07) is 28.3. The lowest BCUT2D eigenvalue weighted by Crippen LogP contribution is -2.21. The van der Waals surface area contributed by atoms with Gasteiger partial charge in [-0.15, -0.1) is 0 Å². The van der Waals surface area contributed by atoms with Crippen LogP contribution in [0, 0.1) is 0 Å². The molecule has 4 heteroatoms. The molecule has 1 atom stereocenters. The van der Waals surface area contributed by atoms with Crippen LogP contribution in [0.4, 0.5) is 0 Å². The third kappa shape index (κ3) is 3.79. The molecule has 0 aliphatic heterocycles. The molecule has 0 aliphatic rings. The van der Waals surface area contributed by atoms with Crippen molar-refractivity contribution in [3.8, 4) is 0 Å². The molecule has 0 fully saturated rings. The van der Waals surface area contributed by atoms with E-state index in [1.807, 2.05) is 24.3 Å². The molecule has 1 N–H and O–H groups in total. The van der Waals surface area contributed by atoms with Crippen molar-refractivity contribution in [2.75, 3.05) is 6.66 Å². The average molecular weight is 340 g/mol. The SMILES string of the molecule is CP(=O)(O)c1ccc(P(c2ccccc2)c2ccccc2)cc1. The molecule has 1 unspecified atom stereocenters.